The first-order chi connectivity index (χ1) is 9.58. The summed E-state index contributed by atoms with van der Waals surface area (Å²) < 4.78 is 5.68. The van der Waals surface area contributed by atoms with E-state index in [1.807, 2.05) is 45.0 Å². The van der Waals surface area contributed by atoms with E-state index in [1.165, 1.54) is 0 Å². The highest BCUT2D eigenvalue weighted by Crippen LogP contribution is 2.25. The van der Waals surface area contributed by atoms with Gasteiger partial charge in [-0.15, -0.1) is 0 Å². The Morgan fingerprint density at radius 1 is 1.20 bits per heavy atom. The highest BCUT2D eigenvalue weighted by molar-refractivity contribution is 6.32. The SMILES string of the molecule is CCNc1cc(C)nc(COc2ccc(C)cc2Cl)n1. The Bertz CT molecular complexity index is 602. The van der Waals surface area contributed by atoms with Gasteiger partial charge in [-0.2, -0.15) is 0 Å². The van der Waals surface area contributed by atoms with Crippen molar-refractivity contribution >= 4 is 17.4 Å². The summed E-state index contributed by atoms with van der Waals surface area (Å²) >= 11 is 6.13. The molecule has 0 fully saturated rings. The lowest BCUT2D eigenvalue weighted by Gasteiger charge is -2.10. The number of ether oxygens (including phenoxy) is 1. The Balaban J connectivity index is 2.10. The number of aryl methyl sites for hydroxylation is 2. The minimum Gasteiger partial charge on any atom is -0.484 e. The van der Waals surface area contributed by atoms with Gasteiger partial charge in [0.25, 0.3) is 0 Å². The van der Waals surface area contributed by atoms with Gasteiger partial charge in [-0.3, -0.25) is 0 Å². The molecule has 0 radical (unpaired) electrons. The summed E-state index contributed by atoms with van der Waals surface area (Å²) in [5.41, 5.74) is 2.01. The summed E-state index contributed by atoms with van der Waals surface area (Å²) in [6.45, 7) is 7.07. The smallest absolute Gasteiger partial charge is 0.168 e. The summed E-state index contributed by atoms with van der Waals surface area (Å²) in [5, 5.41) is 3.77. The van der Waals surface area contributed by atoms with Crippen molar-refractivity contribution in [2.75, 3.05) is 11.9 Å². The average molecular weight is 292 g/mol. The molecule has 5 heteroatoms. The van der Waals surface area contributed by atoms with Crippen molar-refractivity contribution < 1.29 is 4.74 Å². The second-order valence-corrected chi connectivity index (χ2v) is 4.97. The maximum absolute atomic E-state index is 6.13. The third-order valence-corrected chi connectivity index (χ3v) is 3.00. The summed E-state index contributed by atoms with van der Waals surface area (Å²) in [5.74, 6) is 2.10. The van der Waals surface area contributed by atoms with Crippen LogP contribution in [-0.4, -0.2) is 16.5 Å². The van der Waals surface area contributed by atoms with Crippen LogP contribution in [0.2, 0.25) is 5.02 Å². The van der Waals surface area contributed by atoms with E-state index in [0.29, 0.717) is 23.2 Å². The summed E-state index contributed by atoms with van der Waals surface area (Å²) in [6.07, 6.45) is 0. The van der Waals surface area contributed by atoms with Crippen LogP contribution in [0.3, 0.4) is 0 Å². The van der Waals surface area contributed by atoms with Crippen molar-refractivity contribution in [3.05, 3.63) is 46.4 Å². The van der Waals surface area contributed by atoms with Gasteiger partial charge in [0, 0.05) is 18.3 Å². The molecule has 0 aliphatic rings. The second-order valence-electron chi connectivity index (χ2n) is 4.56. The van der Waals surface area contributed by atoms with Crippen molar-refractivity contribution in [3.8, 4) is 5.75 Å². The molecule has 20 heavy (non-hydrogen) atoms. The Morgan fingerprint density at radius 3 is 2.70 bits per heavy atom. The molecule has 1 aromatic carbocycles. The molecular formula is C15H18ClN3O. The van der Waals surface area contributed by atoms with Crippen LogP contribution in [-0.2, 0) is 6.61 Å². The number of rotatable bonds is 5. The van der Waals surface area contributed by atoms with Crippen molar-refractivity contribution in [1.29, 1.82) is 0 Å². The van der Waals surface area contributed by atoms with Gasteiger partial charge in [-0.05, 0) is 38.5 Å². The van der Waals surface area contributed by atoms with Gasteiger partial charge in [0.15, 0.2) is 5.82 Å². The molecule has 2 rings (SSSR count). The molecule has 4 nitrogen and oxygen atoms in total. The standard InChI is InChI=1S/C15H18ClN3O/c1-4-17-14-8-11(3)18-15(19-14)9-20-13-6-5-10(2)7-12(13)16/h5-8H,4,9H2,1-3H3,(H,17,18,19). The van der Waals surface area contributed by atoms with Gasteiger partial charge in [-0.25, -0.2) is 9.97 Å². The highest BCUT2D eigenvalue weighted by Gasteiger charge is 2.05. The Hall–Kier alpha value is -1.81. The first kappa shape index (κ1) is 14.6. The van der Waals surface area contributed by atoms with Gasteiger partial charge in [-0.1, -0.05) is 17.7 Å². The lowest BCUT2D eigenvalue weighted by Crippen LogP contribution is -2.07. The fraction of sp³-hybridized carbons (Fsp3) is 0.333. The van der Waals surface area contributed by atoms with Gasteiger partial charge >= 0.3 is 0 Å². The Morgan fingerprint density at radius 2 is 2.00 bits per heavy atom. The zero-order chi connectivity index (χ0) is 14.5. The zero-order valence-electron chi connectivity index (χ0n) is 11.9. The van der Waals surface area contributed by atoms with Gasteiger partial charge in [0.1, 0.15) is 18.2 Å². The molecule has 0 saturated heterocycles. The topological polar surface area (TPSA) is 47.0 Å². The first-order valence-electron chi connectivity index (χ1n) is 6.56. The van der Waals surface area contributed by atoms with Gasteiger partial charge in [0.05, 0.1) is 5.02 Å². The normalized spacial score (nSPS) is 10.4. The third-order valence-electron chi connectivity index (χ3n) is 2.70. The van der Waals surface area contributed by atoms with Crippen molar-refractivity contribution in [2.45, 2.75) is 27.4 Å². The molecular weight excluding hydrogens is 274 g/mol. The number of anilines is 1. The lowest BCUT2D eigenvalue weighted by atomic mass is 10.2. The summed E-state index contributed by atoms with van der Waals surface area (Å²) in [7, 11) is 0. The van der Waals surface area contributed by atoms with Crippen LogP contribution < -0.4 is 10.1 Å². The van der Waals surface area contributed by atoms with E-state index in [0.717, 1.165) is 23.6 Å². The number of nitrogens with one attached hydrogen (secondary N) is 1. The van der Waals surface area contributed by atoms with Crippen LogP contribution in [0.15, 0.2) is 24.3 Å². The van der Waals surface area contributed by atoms with Crippen LogP contribution in [0, 0.1) is 13.8 Å². The molecule has 0 aliphatic heterocycles. The van der Waals surface area contributed by atoms with E-state index in [-0.39, 0.29) is 0 Å². The number of hydrogen-bond donors (Lipinski definition) is 1. The van der Waals surface area contributed by atoms with Crippen LogP contribution in [0.1, 0.15) is 24.0 Å². The van der Waals surface area contributed by atoms with E-state index in [4.69, 9.17) is 16.3 Å². The van der Waals surface area contributed by atoms with E-state index in [1.54, 1.807) is 0 Å². The van der Waals surface area contributed by atoms with Crippen molar-refractivity contribution in [3.63, 3.8) is 0 Å². The van der Waals surface area contributed by atoms with Crippen LogP contribution in [0.5, 0.6) is 5.75 Å². The van der Waals surface area contributed by atoms with Gasteiger partial charge < -0.3 is 10.1 Å². The fourth-order valence-corrected chi connectivity index (χ4v) is 2.12. The number of benzene rings is 1. The molecule has 2 aromatic rings. The summed E-state index contributed by atoms with van der Waals surface area (Å²) in [6, 6.07) is 7.60. The molecule has 1 N–H and O–H groups in total. The lowest BCUT2D eigenvalue weighted by molar-refractivity contribution is 0.296. The van der Waals surface area contributed by atoms with E-state index >= 15 is 0 Å². The Labute approximate surface area is 124 Å². The minimum atomic E-state index is 0.294. The number of nitrogens with zero attached hydrogens (tertiary/aromatic N) is 2. The minimum absolute atomic E-state index is 0.294. The molecule has 106 valence electrons. The number of halogens is 1. The summed E-state index contributed by atoms with van der Waals surface area (Å²) in [4.78, 5) is 8.75. The van der Waals surface area contributed by atoms with Crippen molar-refractivity contribution in [1.82, 2.24) is 9.97 Å². The second kappa shape index (κ2) is 6.57. The number of hydrogen-bond acceptors (Lipinski definition) is 4. The molecule has 0 amide bonds. The first-order valence-corrected chi connectivity index (χ1v) is 6.93. The van der Waals surface area contributed by atoms with Gasteiger partial charge in [0.2, 0.25) is 0 Å². The molecule has 0 bridgehead atoms. The quantitative estimate of drug-likeness (QED) is 0.911. The molecule has 0 aliphatic carbocycles. The Kier molecular flexibility index (Phi) is 4.79. The zero-order valence-corrected chi connectivity index (χ0v) is 12.7. The van der Waals surface area contributed by atoms with Crippen molar-refractivity contribution in [2.24, 2.45) is 0 Å². The largest absolute Gasteiger partial charge is 0.484 e. The van der Waals surface area contributed by atoms with Crippen LogP contribution in [0.4, 0.5) is 5.82 Å². The number of aromatic nitrogens is 2. The molecule has 0 atom stereocenters. The monoisotopic (exact) mass is 291 g/mol. The molecule has 0 saturated carbocycles. The molecule has 1 heterocycles. The fourth-order valence-electron chi connectivity index (χ4n) is 1.83. The average Bonchev–Trinajstić information content (AvgIpc) is 2.37. The predicted octanol–water partition coefficient (Wildman–Crippen LogP) is 3.76. The maximum Gasteiger partial charge on any atom is 0.168 e. The van der Waals surface area contributed by atoms with E-state index < -0.39 is 0 Å². The highest BCUT2D eigenvalue weighted by atomic mass is 35.5. The predicted molar refractivity (Wildman–Crippen MR) is 81.5 cm³/mol. The molecule has 1 aromatic heterocycles. The molecule has 0 spiro atoms. The van der Waals surface area contributed by atoms with E-state index in [9.17, 15) is 0 Å². The van der Waals surface area contributed by atoms with Crippen LogP contribution >= 0.6 is 11.6 Å². The molecule has 0 unspecified atom stereocenters. The third kappa shape index (κ3) is 3.84. The van der Waals surface area contributed by atoms with E-state index in [2.05, 4.69) is 15.3 Å². The van der Waals surface area contributed by atoms with Crippen LogP contribution in [0.25, 0.3) is 0 Å². The maximum atomic E-state index is 6.13.